The summed E-state index contributed by atoms with van der Waals surface area (Å²) in [4.78, 5) is 16.9. The summed E-state index contributed by atoms with van der Waals surface area (Å²) in [6.07, 6.45) is 1.85. The van der Waals surface area contributed by atoms with Gasteiger partial charge in [-0.25, -0.2) is 4.98 Å². The van der Waals surface area contributed by atoms with Crippen LogP contribution in [0.3, 0.4) is 0 Å². The molecule has 0 aliphatic heterocycles. The number of benzene rings is 2. The van der Waals surface area contributed by atoms with Crippen molar-refractivity contribution in [2.24, 2.45) is 0 Å². The van der Waals surface area contributed by atoms with Gasteiger partial charge in [-0.3, -0.25) is 9.36 Å². The number of hydrogen-bond acceptors (Lipinski definition) is 5. The van der Waals surface area contributed by atoms with E-state index in [0.717, 1.165) is 27.7 Å². The molecule has 146 valence electrons. The van der Waals surface area contributed by atoms with Crippen molar-refractivity contribution in [3.8, 4) is 16.9 Å². The normalized spacial score (nSPS) is 10.8. The summed E-state index contributed by atoms with van der Waals surface area (Å²) in [7, 11) is 0. The molecule has 6 nitrogen and oxygen atoms in total. The molecule has 0 aliphatic carbocycles. The number of aryl methyl sites for hydroxylation is 2. The molecule has 0 saturated heterocycles. The Morgan fingerprint density at radius 2 is 1.86 bits per heavy atom. The van der Waals surface area contributed by atoms with Crippen molar-refractivity contribution < 1.29 is 9.32 Å². The van der Waals surface area contributed by atoms with E-state index in [9.17, 15) is 4.79 Å². The van der Waals surface area contributed by atoms with E-state index in [4.69, 9.17) is 4.52 Å². The number of rotatable bonds is 6. The van der Waals surface area contributed by atoms with Crippen LogP contribution in [-0.2, 0) is 4.79 Å². The molecular formula is C22H20N4O2S. The Balaban J connectivity index is 1.62. The molecule has 2 aromatic carbocycles. The average Bonchev–Trinajstić information content (AvgIpc) is 3.33. The third-order valence-electron chi connectivity index (χ3n) is 4.38. The zero-order valence-corrected chi connectivity index (χ0v) is 16.9. The van der Waals surface area contributed by atoms with Gasteiger partial charge in [-0.2, -0.15) is 0 Å². The van der Waals surface area contributed by atoms with Crippen LogP contribution >= 0.6 is 11.8 Å². The van der Waals surface area contributed by atoms with Crippen LogP contribution < -0.4 is 5.32 Å². The molecule has 0 atom stereocenters. The minimum Gasteiger partial charge on any atom is -0.360 e. The van der Waals surface area contributed by atoms with Gasteiger partial charge in [0.25, 0.3) is 0 Å². The molecule has 7 heteroatoms. The monoisotopic (exact) mass is 404 g/mol. The van der Waals surface area contributed by atoms with Gasteiger partial charge in [0.15, 0.2) is 11.0 Å². The first kappa shape index (κ1) is 19.0. The van der Waals surface area contributed by atoms with Crippen LogP contribution in [0.25, 0.3) is 16.9 Å². The number of carbonyl (C=O) groups excluding carboxylic acids is 1. The maximum atomic E-state index is 12.3. The van der Waals surface area contributed by atoms with Crippen LogP contribution in [0.4, 0.5) is 5.82 Å². The Labute approximate surface area is 173 Å². The fraction of sp³-hybridized carbons (Fsp3) is 0.136. The number of thioether (sulfide) groups is 1. The lowest BCUT2D eigenvalue weighted by Crippen LogP contribution is -2.14. The maximum Gasteiger partial charge on any atom is 0.236 e. The average molecular weight is 404 g/mol. The van der Waals surface area contributed by atoms with Crippen molar-refractivity contribution in [2.45, 2.75) is 19.0 Å². The van der Waals surface area contributed by atoms with E-state index in [1.165, 1.54) is 11.8 Å². The Bertz CT molecular complexity index is 1130. The van der Waals surface area contributed by atoms with Crippen molar-refractivity contribution in [1.82, 2.24) is 14.7 Å². The number of imidazole rings is 1. The summed E-state index contributed by atoms with van der Waals surface area (Å²) in [5.74, 6) is 1.11. The van der Waals surface area contributed by atoms with Crippen LogP contribution in [0.2, 0.25) is 0 Å². The fourth-order valence-electron chi connectivity index (χ4n) is 3.03. The van der Waals surface area contributed by atoms with E-state index >= 15 is 0 Å². The quantitative estimate of drug-likeness (QED) is 0.464. The highest BCUT2D eigenvalue weighted by Crippen LogP contribution is 2.31. The summed E-state index contributed by atoms with van der Waals surface area (Å²) in [5.41, 5.74) is 4.22. The molecule has 0 radical (unpaired) electrons. The van der Waals surface area contributed by atoms with Gasteiger partial charge in [0.1, 0.15) is 5.76 Å². The van der Waals surface area contributed by atoms with Crippen LogP contribution in [-0.4, -0.2) is 26.4 Å². The van der Waals surface area contributed by atoms with Crippen LogP contribution in [0, 0.1) is 13.8 Å². The van der Waals surface area contributed by atoms with E-state index in [0.29, 0.717) is 11.6 Å². The number of anilines is 1. The predicted molar refractivity (Wildman–Crippen MR) is 114 cm³/mol. The van der Waals surface area contributed by atoms with Crippen molar-refractivity contribution in [3.63, 3.8) is 0 Å². The number of nitrogens with one attached hydrogen (secondary N) is 1. The number of hydrogen-bond donors (Lipinski definition) is 1. The van der Waals surface area contributed by atoms with Crippen molar-refractivity contribution in [3.05, 3.63) is 78.2 Å². The van der Waals surface area contributed by atoms with Gasteiger partial charge >= 0.3 is 0 Å². The molecule has 2 aromatic heterocycles. The zero-order valence-electron chi connectivity index (χ0n) is 16.1. The van der Waals surface area contributed by atoms with Crippen molar-refractivity contribution in [1.29, 1.82) is 0 Å². The number of carbonyl (C=O) groups is 1. The first-order valence-corrected chi connectivity index (χ1v) is 10.2. The molecule has 0 spiro atoms. The lowest BCUT2D eigenvalue weighted by Gasteiger charge is -2.14. The molecule has 0 saturated carbocycles. The third kappa shape index (κ3) is 4.25. The SMILES string of the molecule is Cc1cc(NC(=O)CSc2ncc(-c3ccccc3)n2-c2ccccc2C)no1. The first-order valence-electron chi connectivity index (χ1n) is 9.17. The van der Waals surface area contributed by atoms with E-state index in [2.05, 4.69) is 51.2 Å². The van der Waals surface area contributed by atoms with Crippen molar-refractivity contribution in [2.75, 3.05) is 11.1 Å². The lowest BCUT2D eigenvalue weighted by atomic mass is 10.1. The molecule has 4 rings (SSSR count). The Morgan fingerprint density at radius 1 is 1.10 bits per heavy atom. The zero-order chi connectivity index (χ0) is 20.2. The summed E-state index contributed by atoms with van der Waals surface area (Å²) in [6, 6.07) is 19.9. The molecule has 2 heterocycles. The lowest BCUT2D eigenvalue weighted by molar-refractivity contribution is -0.113. The molecule has 1 N–H and O–H groups in total. The molecule has 1 amide bonds. The van der Waals surface area contributed by atoms with Crippen LogP contribution in [0.15, 0.2) is 76.5 Å². The minimum absolute atomic E-state index is 0.163. The van der Waals surface area contributed by atoms with Gasteiger partial charge in [-0.05, 0) is 25.5 Å². The second kappa shape index (κ2) is 8.36. The number of amides is 1. The van der Waals surface area contributed by atoms with E-state index in [1.807, 2.05) is 36.5 Å². The highest BCUT2D eigenvalue weighted by molar-refractivity contribution is 7.99. The summed E-state index contributed by atoms with van der Waals surface area (Å²) in [6.45, 7) is 3.85. The fourth-order valence-corrected chi connectivity index (χ4v) is 3.82. The summed E-state index contributed by atoms with van der Waals surface area (Å²) in [5, 5.41) is 7.29. The third-order valence-corrected chi connectivity index (χ3v) is 5.34. The molecule has 0 fully saturated rings. The van der Waals surface area contributed by atoms with E-state index in [-0.39, 0.29) is 11.7 Å². The highest BCUT2D eigenvalue weighted by Gasteiger charge is 2.17. The first-order chi connectivity index (χ1) is 14.1. The van der Waals surface area contributed by atoms with Gasteiger partial charge in [0.2, 0.25) is 5.91 Å². The second-order valence-corrected chi connectivity index (χ2v) is 7.52. The number of para-hydroxylation sites is 1. The number of nitrogens with zero attached hydrogens (tertiary/aromatic N) is 3. The molecular weight excluding hydrogens is 384 g/mol. The van der Waals surface area contributed by atoms with Gasteiger partial charge in [-0.15, -0.1) is 0 Å². The standard InChI is InChI=1S/C22H20N4O2S/c1-15-8-6-7-11-18(15)26-19(17-9-4-3-5-10-17)13-23-22(26)29-14-21(27)24-20-12-16(2)28-25-20/h3-13H,14H2,1-2H3,(H,24,25,27). The molecule has 0 unspecified atom stereocenters. The number of aromatic nitrogens is 3. The van der Waals surface area contributed by atoms with Gasteiger partial charge in [0, 0.05) is 11.6 Å². The van der Waals surface area contributed by atoms with Crippen LogP contribution in [0.5, 0.6) is 0 Å². The summed E-state index contributed by atoms with van der Waals surface area (Å²) < 4.78 is 7.08. The summed E-state index contributed by atoms with van der Waals surface area (Å²) >= 11 is 1.38. The Morgan fingerprint density at radius 3 is 2.59 bits per heavy atom. The molecule has 4 aromatic rings. The molecule has 29 heavy (non-hydrogen) atoms. The minimum atomic E-state index is -0.163. The Hall–Kier alpha value is -3.32. The molecule has 0 bridgehead atoms. The second-order valence-electron chi connectivity index (χ2n) is 6.57. The van der Waals surface area contributed by atoms with E-state index < -0.39 is 0 Å². The topological polar surface area (TPSA) is 73.0 Å². The van der Waals surface area contributed by atoms with Crippen LogP contribution in [0.1, 0.15) is 11.3 Å². The maximum absolute atomic E-state index is 12.3. The van der Waals surface area contributed by atoms with Crippen molar-refractivity contribution >= 4 is 23.5 Å². The molecule has 0 aliphatic rings. The highest BCUT2D eigenvalue weighted by atomic mass is 32.2. The van der Waals surface area contributed by atoms with Gasteiger partial charge < -0.3 is 9.84 Å². The van der Waals surface area contributed by atoms with E-state index in [1.54, 1.807) is 13.0 Å². The predicted octanol–water partition coefficient (Wildman–Crippen LogP) is 4.87. The van der Waals surface area contributed by atoms with Gasteiger partial charge in [-0.1, -0.05) is 65.4 Å². The van der Waals surface area contributed by atoms with Gasteiger partial charge in [0.05, 0.1) is 23.3 Å². The largest absolute Gasteiger partial charge is 0.360 e. The Kier molecular flexibility index (Phi) is 5.48. The smallest absolute Gasteiger partial charge is 0.236 e.